The molecular weight excluding hydrogens is 260 g/mol. The minimum absolute atomic E-state index is 0.841. The molecule has 0 saturated carbocycles. The number of rotatable bonds is 8. The third-order valence-corrected chi connectivity index (χ3v) is 3.45. The van der Waals surface area contributed by atoms with E-state index in [9.17, 15) is 0 Å². The fourth-order valence-electron chi connectivity index (χ4n) is 2.38. The molecule has 0 bridgehead atoms. The van der Waals surface area contributed by atoms with E-state index in [4.69, 9.17) is 4.42 Å². The number of hydrogen-bond acceptors (Lipinski definition) is 3. The molecule has 0 amide bonds. The van der Waals surface area contributed by atoms with E-state index in [1.54, 1.807) is 0 Å². The van der Waals surface area contributed by atoms with E-state index < -0.39 is 0 Å². The summed E-state index contributed by atoms with van der Waals surface area (Å²) in [5.74, 6) is 2.00. The van der Waals surface area contributed by atoms with Gasteiger partial charge in [0.1, 0.15) is 11.5 Å². The first-order valence-corrected chi connectivity index (χ1v) is 7.69. The quantitative estimate of drug-likeness (QED) is 0.750. The van der Waals surface area contributed by atoms with Gasteiger partial charge in [0.15, 0.2) is 0 Å². The summed E-state index contributed by atoms with van der Waals surface area (Å²) in [5.41, 5.74) is 2.68. The Labute approximate surface area is 128 Å². The third kappa shape index (κ3) is 5.37. The molecule has 21 heavy (non-hydrogen) atoms. The van der Waals surface area contributed by atoms with E-state index in [1.165, 1.54) is 17.5 Å². The number of nitrogens with zero attached hydrogens (tertiary/aromatic N) is 1. The van der Waals surface area contributed by atoms with E-state index >= 15 is 0 Å². The highest BCUT2D eigenvalue weighted by Crippen LogP contribution is 2.12. The van der Waals surface area contributed by atoms with Crippen molar-refractivity contribution in [2.24, 2.45) is 0 Å². The van der Waals surface area contributed by atoms with Crippen LogP contribution in [0.3, 0.4) is 0 Å². The molecule has 1 N–H and O–H groups in total. The number of nitrogens with one attached hydrogen (secondary N) is 1. The second-order valence-corrected chi connectivity index (χ2v) is 5.68. The smallest absolute Gasteiger partial charge is 0.118 e. The number of benzene rings is 1. The van der Waals surface area contributed by atoms with Crippen LogP contribution in [0, 0.1) is 6.92 Å². The van der Waals surface area contributed by atoms with Gasteiger partial charge in [0.2, 0.25) is 0 Å². The summed E-state index contributed by atoms with van der Waals surface area (Å²) in [6, 6.07) is 12.9. The third-order valence-electron chi connectivity index (χ3n) is 3.45. The van der Waals surface area contributed by atoms with E-state index in [-0.39, 0.29) is 0 Å². The van der Waals surface area contributed by atoms with E-state index in [0.717, 1.165) is 37.7 Å². The van der Waals surface area contributed by atoms with Crippen molar-refractivity contribution in [3.8, 4) is 0 Å². The lowest BCUT2D eigenvalue weighted by Crippen LogP contribution is -2.17. The number of hydrogen-bond donors (Lipinski definition) is 1. The monoisotopic (exact) mass is 286 g/mol. The zero-order chi connectivity index (χ0) is 15.1. The van der Waals surface area contributed by atoms with Gasteiger partial charge in [0, 0.05) is 13.1 Å². The molecule has 0 fully saturated rings. The molecule has 0 atom stereocenters. The predicted molar refractivity (Wildman–Crippen MR) is 87.1 cm³/mol. The number of aryl methyl sites for hydroxylation is 1. The molecule has 0 aliphatic heterocycles. The van der Waals surface area contributed by atoms with Crippen LogP contribution >= 0.6 is 0 Å². The molecule has 1 aromatic carbocycles. The predicted octanol–water partition coefficient (Wildman–Crippen LogP) is 3.72. The van der Waals surface area contributed by atoms with Crippen LogP contribution in [0.1, 0.15) is 36.0 Å². The summed E-state index contributed by atoms with van der Waals surface area (Å²) in [6.45, 7) is 7.97. The summed E-state index contributed by atoms with van der Waals surface area (Å²) in [5, 5.41) is 3.42. The highest BCUT2D eigenvalue weighted by molar-refractivity contribution is 5.22. The Morgan fingerprint density at radius 1 is 1.00 bits per heavy atom. The van der Waals surface area contributed by atoms with Gasteiger partial charge in [-0.15, -0.1) is 0 Å². The summed E-state index contributed by atoms with van der Waals surface area (Å²) < 4.78 is 5.62. The van der Waals surface area contributed by atoms with Crippen LogP contribution in [0.15, 0.2) is 40.8 Å². The molecule has 1 heterocycles. The maximum atomic E-state index is 5.62. The van der Waals surface area contributed by atoms with Crippen molar-refractivity contribution in [1.82, 2.24) is 10.2 Å². The maximum absolute atomic E-state index is 5.62. The van der Waals surface area contributed by atoms with Crippen LogP contribution in [0.4, 0.5) is 0 Å². The molecule has 2 aromatic rings. The Bertz CT molecular complexity index is 530. The minimum Gasteiger partial charge on any atom is -0.465 e. The lowest BCUT2D eigenvalue weighted by molar-refractivity contribution is 0.285. The first-order valence-electron chi connectivity index (χ1n) is 7.69. The molecule has 114 valence electrons. The topological polar surface area (TPSA) is 28.4 Å². The SMILES string of the molecule is CCCNCc1ccc(CN(C)Cc2ccc(C)o2)cc1. The van der Waals surface area contributed by atoms with Gasteiger partial charge < -0.3 is 9.73 Å². The maximum Gasteiger partial charge on any atom is 0.118 e. The summed E-state index contributed by atoms with van der Waals surface area (Å²) in [4.78, 5) is 2.27. The van der Waals surface area contributed by atoms with Crippen LogP contribution in [0.2, 0.25) is 0 Å². The van der Waals surface area contributed by atoms with Gasteiger partial charge in [-0.3, -0.25) is 4.90 Å². The van der Waals surface area contributed by atoms with E-state index in [1.807, 2.05) is 19.1 Å². The standard InChI is InChI=1S/C18H26N2O/c1-4-11-19-12-16-6-8-17(9-7-16)13-20(3)14-18-10-5-15(2)21-18/h5-10,19H,4,11-14H2,1-3H3. The average Bonchev–Trinajstić information content (AvgIpc) is 2.86. The first kappa shape index (κ1) is 15.8. The molecule has 2 rings (SSSR count). The normalized spacial score (nSPS) is 11.2. The largest absolute Gasteiger partial charge is 0.465 e. The minimum atomic E-state index is 0.841. The fourth-order valence-corrected chi connectivity index (χ4v) is 2.38. The summed E-state index contributed by atoms with van der Waals surface area (Å²) in [6.07, 6.45) is 1.18. The Morgan fingerprint density at radius 3 is 2.33 bits per heavy atom. The molecule has 0 saturated heterocycles. The molecule has 0 aliphatic carbocycles. The van der Waals surface area contributed by atoms with Gasteiger partial charge in [-0.25, -0.2) is 0 Å². The molecule has 1 aromatic heterocycles. The lowest BCUT2D eigenvalue weighted by atomic mass is 10.1. The van der Waals surface area contributed by atoms with Crippen LogP contribution in [-0.4, -0.2) is 18.5 Å². The molecule has 0 unspecified atom stereocenters. The van der Waals surface area contributed by atoms with Gasteiger partial charge in [-0.05, 0) is 50.2 Å². The molecular formula is C18H26N2O. The van der Waals surface area contributed by atoms with Crippen molar-refractivity contribution in [3.05, 3.63) is 59.0 Å². The van der Waals surface area contributed by atoms with Gasteiger partial charge in [-0.1, -0.05) is 31.2 Å². The Hall–Kier alpha value is -1.58. The van der Waals surface area contributed by atoms with Gasteiger partial charge in [0.05, 0.1) is 6.54 Å². The lowest BCUT2D eigenvalue weighted by Gasteiger charge is -2.15. The second-order valence-electron chi connectivity index (χ2n) is 5.68. The van der Waals surface area contributed by atoms with Gasteiger partial charge >= 0.3 is 0 Å². The Balaban J connectivity index is 1.82. The van der Waals surface area contributed by atoms with Crippen LogP contribution in [0.25, 0.3) is 0 Å². The van der Waals surface area contributed by atoms with Crippen molar-refractivity contribution >= 4 is 0 Å². The van der Waals surface area contributed by atoms with Crippen molar-refractivity contribution in [3.63, 3.8) is 0 Å². The first-order chi connectivity index (χ1) is 10.2. The highest BCUT2D eigenvalue weighted by atomic mass is 16.3. The fraction of sp³-hybridized carbons (Fsp3) is 0.444. The van der Waals surface area contributed by atoms with Crippen LogP contribution in [0.5, 0.6) is 0 Å². The van der Waals surface area contributed by atoms with E-state index in [2.05, 4.69) is 48.5 Å². The zero-order valence-corrected chi connectivity index (χ0v) is 13.4. The highest BCUT2D eigenvalue weighted by Gasteiger charge is 2.05. The number of furan rings is 1. The van der Waals surface area contributed by atoms with E-state index in [0.29, 0.717) is 0 Å². The second kappa shape index (κ2) is 8.01. The molecule has 0 spiro atoms. The molecule has 3 heteroatoms. The van der Waals surface area contributed by atoms with Gasteiger partial charge in [0.25, 0.3) is 0 Å². The summed E-state index contributed by atoms with van der Waals surface area (Å²) in [7, 11) is 2.12. The summed E-state index contributed by atoms with van der Waals surface area (Å²) >= 11 is 0. The Kier molecular flexibility index (Phi) is 6.03. The molecule has 3 nitrogen and oxygen atoms in total. The van der Waals surface area contributed by atoms with Crippen LogP contribution in [-0.2, 0) is 19.6 Å². The van der Waals surface area contributed by atoms with Crippen molar-refractivity contribution in [2.45, 2.75) is 39.9 Å². The van der Waals surface area contributed by atoms with Crippen molar-refractivity contribution in [2.75, 3.05) is 13.6 Å². The average molecular weight is 286 g/mol. The Morgan fingerprint density at radius 2 is 1.71 bits per heavy atom. The molecule has 0 radical (unpaired) electrons. The molecule has 0 aliphatic rings. The van der Waals surface area contributed by atoms with Crippen molar-refractivity contribution < 1.29 is 4.42 Å². The van der Waals surface area contributed by atoms with Crippen molar-refractivity contribution in [1.29, 1.82) is 0 Å². The van der Waals surface area contributed by atoms with Gasteiger partial charge in [-0.2, -0.15) is 0 Å². The zero-order valence-electron chi connectivity index (χ0n) is 13.4. The van der Waals surface area contributed by atoms with Crippen LogP contribution < -0.4 is 5.32 Å².